The van der Waals surface area contributed by atoms with Crippen LogP contribution in [0, 0.1) is 6.07 Å². The first-order chi connectivity index (χ1) is 15.7. The first-order valence-corrected chi connectivity index (χ1v) is 11.3. The third kappa shape index (κ3) is 3.00. The van der Waals surface area contributed by atoms with Gasteiger partial charge in [-0.05, 0) is 69.7 Å². The van der Waals surface area contributed by atoms with Gasteiger partial charge in [0.05, 0.1) is 11.0 Å². The Labute approximate surface area is 189 Å². The Morgan fingerprint density at radius 1 is 0.906 bits per heavy atom. The lowest BCUT2D eigenvalue weighted by Crippen LogP contribution is -2.11. The second-order valence-corrected chi connectivity index (χ2v) is 8.91. The van der Waals surface area contributed by atoms with Crippen molar-refractivity contribution in [2.45, 2.75) is 6.54 Å². The second-order valence-electron chi connectivity index (χ2n) is 7.96. The third-order valence-corrected chi connectivity index (χ3v) is 6.94. The molecule has 1 radical (unpaired) electrons. The van der Waals surface area contributed by atoms with Crippen LogP contribution in [-0.4, -0.2) is 10.5 Å². The molecule has 32 heavy (non-hydrogen) atoms. The van der Waals surface area contributed by atoms with E-state index in [2.05, 4.69) is 82.7 Å². The molecule has 0 saturated carbocycles. The highest BCUT2D eigenvalue weighted by Crippen LogP contribution is 2.35. The van der Waals surface area contributed by atoms with Gasteiger partial charge in [0, 0.05) is 27.8 Å². The molecular formula is C28H19N2OS. The predicted octanol–water partition coefficient (Wildman–Crippen LogP) is 6.62. The summed E-state index contributed by atoms with van der Waals surface area (Å²) >= 11 is 1.71. The van der Waals surface area contributed by atoms with Gasteiger partial charge in [-0.1, -0.05) is 48.5 Å². The molecular weight excluding hydrogens is 412 g/mol. The molecule has 153 valence electrons. The molecule has 1 amide bonds. The Hall–Kier alpha value is -3.89. The van der Waals surface area contributed by atoms with E-state index in [4.69, 9.17) is 5.73 Å². The second kappa shape index (κ2) is 7.36. The molecule has 0 atom stereocenters. The third-order valence-electron chi connectivity index (χ3n) is 6.02. The summed E-state index contributed by atoms with van der Waals surface area (Å²) in [5.41, 5.74) is 10.6. The largest absolute Gasteiger partial charge is 0.366 e. The average Bonchev–Trinajstić information content (AvgIpc) is 3.46. The van der Waals surface area contributed by atoms with Gasteiger partial charge >= 0.3 is 0 Å². The van der Waals surface area contributed by atoms with Crippen LogP contribution in [0.2, 0.25) is 0 Å². The number of benzene rings is 4. The summed E-state index contributed by atoms with van der Waals surface area (Å²) in [6, 6.07) is 32.5. The summed E-state index contributed by atoms with van der Waals surface area (Å²) < 4.78 is 2.27. The first kappa shape index (κ1) is 18.8. The maximum Gasteiger partial charge on any atom is 0.249 e. The van der Waals surface area contributed by atoms with E-state index >= 15 is 0 Å². The van der Waals surface area contributed by atoms with E-state index in [9.17, 15) is 4.79 Å². The molecule has 2 N–H and O–H groups in total. The molecule has 3 nitrogen and oxygen atoms in total. The highest BCUT2D eigenvalue weighted by molar-refractivity contribution is 7.13. The number of nitrogens with zero attached hydrogens (tertiary/aromatic N) is 1. The lowest BCUT2D eigenvalue weighted by Gasteiger charge is -2.10. The maximum absolute atomic E-state index is 12.2. The number of primary amides is 1. The highest BCUT2D eigenvalue weighted by atomic mass is 32.1. The number of rotatable bonds is 4. The molecule has 0 fully saturated rings. The standard InChI is InChI=1S/C28H19N2OS/c29-28(31)23-7-3-8-24-27(23)22-13-12-21(26-9-4-14-32-26)16-25(22)30(24)17-18-10-11-19-5-1-2-6-20(19)15-18/h1-12,14-16H,17H2,(H2,29,31). The molecule has 0 aliphatic heterocycles. The van der Waals surface area contributed by atoms with E-state index in [1.54, 1.807) is 17.4 Å². The maximum atomic E-state index is 12.2. The topological polar surface area (TPSA) is 48.0 Å². The molecule has 0 unspecified atom stereocenters. The van der Waals surface area contributed by atoms with Gasteiger partial charge in [0.1, 0.15) is 0 Å². The highest BCUT2D eigenvalue weighted by Gasteiger charge is 2.17. The number of carbonyl (C=O) groups excluding carboxylic acids is 1. The van der Waals surface area contributed by atoms with Crippen molar-refractivity contribution in [3.63, 3.8) is 0 Å². The van der Waals surface area contributed by atoms with Crippen LogP contribution >= 0.6 is 11.3 Å². The smallest absolute Gasteiger partial charge is 0.249 e. The Morgan fingerprint density at radius 2 is 1.78 bits per heavy atom. The van der Waals surface area contributed by atoms with Crippen LogP contribution < -0.4 is 5.73 Å². The fraction of sp³-hybridized carbons (Fsp3) is 0.0357. The van der Waals surface area contributed by atoms with Crippen molar-refractivity contribution in [1.82, 2.24) is 4.57 Å². The minimum Gasteiger partial charge on any atom is -0.366 e. The van der Waals surface area contributed by atoms with Crippen LogP contribution in [0.5, 0.6) is 0 Å². The van der Waals surface area contributed by atoms with Gasteiger partial charge in [-0.25, -0.2) is 0 Å². The Morgan fingerprint density at radius 3 is 2.59 bits per heavy atom. The number of hydrogen-bond donors (Lipinski definition) is 1. The molecule has 2 heterocycles. The van der Waals surface area contributed by atoms with Gasteiger partial charge in [0.15, 0.2) is 0 Å². The zero-order chi connectivity index (χ0) is 21.7. The van der Waals surface area contributed by atoms with Crippen LogP contribution in [0.4, 0.5) is 0 Å². The normalized spacial score (nSPS) is 11.5. The molecule has 0 aliphatic rings. The quantitative estimate of drug-likeness (QED) is 0.335. The van der Waals surface area contributed by atoms with Gasteiger partial charge in [-0.3, -0.25) is 4.79 Å². The summed E-state index contributed by atoms with van der Waals surface area (Å²) in [7, 11) is 0. The molecule has 0 aliphatic carbocycles. The predicted molar refractivity (Wildman–Crippen MR) is 133 cm³/mol. The molecule has 0 spiro atoms. The average molecular weight is 432 g/mol. The van der Waals surface area contributed by atoms with Crippen LogP contribution in [-0.2, 0) is 6.54 Å². The Balaban J connectivity index is 1.62. The SMILES string of the molecule is NC(=O)c1cccc2c1c1[c]cc(-c3cccs3)cc1n2Cc1ccc2ccccc2c1. The lowest BCUT2D eigenvalue weighted by atomic mass is 10.0. The number of fused-ring (bicyclic) bond motifs is 4. The Kier molecular flexibility index (Phi) is 4.33. The molecule has 6 rings (SSSR count). The number of carbonyl (C=O) groups is 1. The number of amides is 1. The minimum absolute atomic E-state index is 0.420. The van der Waals surface area contributed by atoms with Gasteiger partial charge in [-0.15, -0.1) is 11.3 Å². The van der Waals surface area contributed by atoms with Crippen molar-refractivity contribution in [3.8, 4) is 10.4 Å². The summed E-state index contributed by atoms with van der Waals surface area (Å²) in [5, 5.41) is 6.32. The summed E-state index contributed by atoms with van der Waals surface area (Å²) in [6.45, 7) is 0.689. The molecule has 4 heteroatoms. The van der Waals surface area contributed by atoms with Crippen molar-refractivity contribution in [1.29, 1.82) is 0 Å². The summed E-state index contributed by atoms with van der Waals surface area (Å²) in [6.07, 6.45) is 0. The van der Waals surface area contributed by atoms with Crippen molar-refractivity contribution >= 4 is 49.8 Å². The van der Waals surface area contributed by atoms with Gasteiger partial charge in [0.25, 0.3) is 0 Å². The molecule has 4 aromatic carbocycles. The van der Waals surface area contributed by atoms with Crippen LogP contribution in [0.3, 0.4) is 0 Å². The van der Waals surface area contributed by atoms with Gasteiger partial charge in [0.2, 0.25) is 5.91 Å². The molecule has 0 saturated heterocycles. The fourth-order valence-corrected chi connectivity index (χ4v) is 5.25. The van der Waals surface area contributed by atoms with Crippen molar-refractivity contribution < 1.29 is 4.79 Å². The van der Waals surface area contributed by atoms with E-state index in [1.165, 1.54) is 21.2 Å². The van der Waals surface area contributed by atoms with Gasteiger partial charge in [-0.2, -0.15) is 0 Å². The molecule has 6 aromatic rings. The van der Waals surface area contributed by atoms with E-state index < -0.39 is 5.91 Å². The number of thiophene rings is 1. The lowest BCUT2D eigenvalue weighted by molar-refractivity contribution is 0.100. The van der Waals surface area contributed by atoms with Crippen LogP contribution in [0.25, 0.3) is 43.0 Å². The van der Waals surface area contributed by atoms with E-state index in [-0.39, 0.29) is 0 Å². The summed E-state index contributed by atoms with van der Waals surface area (Å²) in [5.74, 6) is -0.420. The van der Waals surface area contributed by atoms with Crippen molar-refractivity contribution in [2.75, 3.05) is 0 Å². The molecule has 2 aromatic heterocycles. The number of aromatic nitrogens is 1. The zero-order valence-corrected chi connectivity index (χ0v) is 18.0. The molecule has 0 bridgehead atoms. The Bertz CT molecular complexity index is 1630. The van der Waals surface area contributed by atoms with Crippen molar-refractivity contribution in [3.05, 3.63) is 108 Å². The zero-order valence-electron chi connectivity index (χ0n) is 17.2. The monoisotopic (exact) mass is 431 g/mol. The van der Waals surface area contributed by atoms with Crippen LogP contribution in [0.1, 0.15) is 15.9 Å². The fourth-order valence-electron chi connectivity index (χ4n) is 4.54. The van der Waals surface area contributed by atoms with Crippen LogP contribution in [0.15, 0.2) is 90.3 Å². The van der Waals surface area contributed by atoms with Gasteiger partial charge < -0.3 is 10.3 Å². The summed E-state index contributed by atoms with van der Waals surface area (Å²) in [4.78, 5) is 13.4. The number of hydrogen-bond acceptors (Lipinski definition) is 2. The van der Waals surface area contributed by atoms with E-state index in [1.807, 2.05) is 12.1 Å². The minimum atomic E-state index is -0.420. The van der Waals surface area contributed by atoms with Crippen molar-refractivity contribution in [2.24, 2.45) is 5.73 Å². The first-order valence-electron chi connectivity index (χ1n) is 10.5. The van der Waals surface area contributed by atoms with E-state index in [0.717, 1.165) is 27.4 Å². The number of nitrogens with two attached hydrogens (primary N) is 1. The van der Waals surface area contributed by atoms with E-state index in [0.29, 0.717) is 12.1 Å².